The molecule has 0 aliphatic rings. The Kier molecular flexibility index (Phi) is 3.69. The van der Waals surface area contributed by atoms with Crippen molar-refractivity contribution in [3.8, 4) is 0 Å². The molecule has 0 radical (unpaired) electrons. The first-order chi connectivity index (χ1) is 6.29. The zero-order valence-corrected chi connectivity index (χ0v) is 9.71. The van der Waals surface area contributed by atoms with Crippen molar-refractivity contribution in [3.63, 3.8) is 0 Å². The third kappa shape index (κ3) is 2.01. The van der Waals surface area contributed by atoms with Gasteiger partial charge in [-0.3, -0.25) is 0 Å². The highest BCUT2D eigenvalue weighted by atomic mass is 28.4. The van der Waals surface area contributed by atoms with Crippen molar-refractivity contribution in [2.75, 3.05) is 7.11 Å². The van der Waals surface area contributed by atoms with Gasteiger partial charge in [-0.15, -0.1) is 0 Å². The second-order valence-corrected chi connectivity index (χ2v) is 7.66. The van der Waals surface area contributed by atoms with Gasteiger partial charge < -0.3 is 4.43 Å². The van der Waals surface area contributed by atoms with Crippen LogP contribution in [-0.4, -0.2) is 15.4 Å². The molecule has 1 rings (SSSR count). The van der Waals surface area contributed by atoms with E-state index in [9.17, 15) is 0 Å². The minimum atomic E-state index is -1.59. The molecule has 0 saturated heterocycles. The Bertz CT molecular complexity index is 233. The first-order valence-corrected chi connectivity index (χ1v) is 7.22. The largest absolute Gasteiger partial charge is 0.416 e. The van der Waals surface area contributed by atoms with Crippen molar-refractivity contribution in [2.24, 2.45) is 0 Å². The first kappa shape index (κ1) is 10.5. The van der Waals surface area contributed by atoms with Gasteiger partial charge in [-0.2, -0.15) is 0 Å². The highest BCUT2D eigenvalue weighted by Crippen LogP contribution is 2.15. The van der Waals surface area contributed by atoms with Gasteiger partial charge >= 0.3 is 0 Å². The Hall–Kier alpha value is -0.603. The van der Waals surface area contributed by atoms with Crippen LogP contribution in [0.2, 0.25) is 12.1 Å². The van der Waals surface area contributed by atoms with Crippen molar-refractivity contribution in [2.45, 2.75) is 25.9 Å². The Morgan fingerprint density at radius 2 is 1.62 bits per heavy atom. The van der Waals surface area contributed by atoms with Gasteiger partial charge in [0.25, 0.3) is 0 Å². The van der Waals surface area contributed by atoms with E-state index in [0.717, 1.165) is 12.1 Å². The normalized spacial score (nSPS) is 11.6. The average Bonchev–Trinajstić information content (AvgIpc) is 2.23. The van der Waals surface area contributed by atoms with Crippen LogP contribution in [0.15, 0.2) is 30.3 Å². The van der Waals surface area contributed by atoms with E-state index < -0.39 is 8.32 Å². The maximum atomic E-state index is 5.76. The second-order valence-electron chi connectivity index (χ2n) is 3.27. The lowest BCUT2D eigenvalue weighted by Gasteiger charge is -2.27. The molecule has 0 aliphatic carbocycles. The molecule has 1 aromatic carbocycles. The molecular weight excluding hydrogens is 176 g/mol. The molecule has 0 spiro atoms. The molecule has 72 valence electrons. The third-order valence-electron chi connectivity index (χ3n) is 2.83. The van der Waals surface area contributed by atoms with Crippen LogP contribution >= 0.6 is 0 Å². The maximum absolute atomic E-state index is 5.76. The van der Waals surface area contributed by atoms with E-state index >= 15 is 0 Å². The molecule has 0 fully saturated rings. The van der Waals surface area contributed by atoms with Gasteiger partial charge in [-0.05, 0) is 17.3 Å². The van der Waals surface area contributed by atoms with E-state index in [-0.39, 0.29) is 0 Å². The van der Waals surface area contributed by atoms with Crippen molar-refractivity contribution >= 4 is 13.5 Å². The minimum absolute atomic E-state index is 1.16. The quantitative estimate of drug-likeness (QED) is 0.669. The average molecular weight is 194 g/mol. The van der Waals surface area contributed by atoms with Gasteiger partial charge in [0.2, 0.25) is 8.32 Å². The van der Waals surface area contributed by atoms with E-state index in [4.69, 9.17) is 4.43 Å². The maximum Gasteiger partial charge on any atom is 0.223 e. The SMILES string of the molecule is CC[Si](CC)(OC)c1ccccc1. The first-order valence-electron chi connectivity index (χ1n) is 4.89. The van der Waals surface area contributed by atoms with E-state index in [0.29, 0.717) is 0 Å². The second kappa shape index (κ2) is 4.58. The molecule has 0 N–H and O–H groups in total. The van der Waals surface area contributed by atoms with E-state index in [1.807, 2.05) is 7.11 Å². The van der Waals surface area contributed by atoms with Crippen molar-refractivity contribution < 1.29 is 4.43 Å². The molecule has 0 amide bonds. The Morgan fingerprint density at radius 3 is 2.00 bits per heavy atom. The number of benzene rings is 1. The van der Waals surface area contributed by atoms with Gasteiger partial charge in [0.15, 0.2) is 0 Å². The molecule has 0 saturated carbocycles. The van der Waals surface area contributed by atoms with Crippen LogP contribution in [0.4, 0.5) is 0 Å². The zero-order valence-electron chi connectivity index (χ0n) is 8.71. The summed E-state index contributed by atoms with van der Waals surface area (Å²) < 4.78 is 5.76. The van der Waals surface area contributed by atoms with Gasteiger partial charge in [0.05, 0.1) is 0 Å². The van der Waals surface area contributed by atoms with Crippen LogP contribution in [0, 0.1) is 0 Å². The van der Waals surface area contributed by atoms with Crippen LogP contribution in [0.25, 0.3) is 0 Å². The number of rotatable bonds is 4. The van der Waals surface area contributed by atoms with Crippen LogP contribution < -0.4 is 5.19 Å². The number of hydrogen-bond acceptors (Lipinski definition) is 1. The van der Waals surface area contributed by atoms with E-state index in [1.165, 1.54) is 5.19 Å². The lowest BCUT2D eigenvalue weighted by atomic mass is 10.4. The fourth-order valence-electron chi connectivity index (χ4n) is 1.81. The molecule has 0 bridgehead atoms. The third-order valence-corrected chi connectivity index (χ3v) is 7.28. The summed E-state index contributed by atoms with van der Waals surface area (Å²) in [4.78, 5) is 0. The van der Waals surface area contributed by atoms with Crippen molar-refractivity contribution in [3.05, 3.63) is 30.3 Å². The van der Waals surface area contributed by atoms with Gasteiger partial charge in [0.1, 0.15) is 0 Å². The smallest absolute Gasteiger partial charge is 0.223 e. The highest BCUT2D eigenvalue weighted by Gasteiger charge is 2.31. The topological polar surface area (TPSA) is 9.23 Å². The Labute approximate surface area is 81.9 Å². The molecule has 1 nitrogen and oxygen atoms in total. The summed E-state index contributed by atoms with van der Waals surface area (Å²) in [5.74, 6) is 0. The molecule has 0 aliphatic heterocycles. The number of hydrogen-bond donors (Lipinski definition) is 0. The molecule has 0 heterocycles. The zero-order chi connectivity index (χ0) is 9.73. The van der Waals surface area contributed by atoms with Gasteiger partial charge in [0, 0.05) is 7.11 Å². The summed E-state index contributed by atoms with van der Waals surface area (Å²) in [6, 6.07) is 13.0. The summed E-state index contributed by atoms with van der Waals surface area (Å²) in [6.45, 7) is 4.46. The van der Waals surface area contributed by atoms with Crippen LogP contribution in [0.3, 0.4) is 0 Å². The predicted octanol–water partition coefficient (Wildman–Crippen LogP) is 2.53. The molecule has 2 heteroatoms. The van der Waals surface area contributed by atoms with Gasteiger partial charge in [-0.1, -0.05) is 44.2 Å². The fourth-order valence-corrected chi connectivity index (χ4v) is 4.74. The van der Waals surface area contributed by atoms with Crippen LogP contribution in [0.5, 0.6) is 0 Å². The fraction of sp³-hybridized carbons (Fsp3) is 0.455. The molecule has 0 aromatic heterocycles. The highest BCUT2D eigenvalue weighted by molar-refractivity contribution is 6.86. The minimum Gasteiger partial charge on any atom is -0.416 e. The van der Waals surface area contributed by atoms with Crippen LogP contribution in [-0.2, 0) is 4.43 Å². The summed E-state index contributed by atoms with van der Waals surface area (Å²) in [7, 11) is 0.260. The van der Waals surface area contributed by atoms with E-state index in [1.54, 1.807) is 0 Å². The summed E-state index contributed by atoms with van der Waals surface area (Å²) in [5.41, 5.74) is 0. The lowest BCUT2D eigenvalue weighted by Crippen LogP contribution is -2.48. The Balaban J connectivity index is 3.01. The van der Waals surface area contributed by atoms with Gasteiger partial charge in [-0.25, -0.2) is 0 Å². The van der Waals surface area contributed by atoms with E-state index in [2.05, 4.69) is 44.2 Å². The summed E-state index contributed by atoms with van der Waals surface area (Å²) >= 11 is 0. The summed E-state index contributed by atoms with van der Waals surface area (Å²) in [6.07, 6.45) is 0. The van der Waals surface area contributed by atoms with Crippen molar-refractivity contribution in [1.29, 1.82) is 0 Å². The van der Waals surface area contributed by atoms with Crippen molar-refractivity contribution in [1.82, 2.24) is 0 Å². The molecule has 1 aromatic rings. The Morgan fingerprint density at radius 1 is 1.08 bits per heavy atom. The summed E-state index contributed by atoms with van der Waals surface area (Å²) in [5, 5.41) is 1.42. The predicted molar refractivity (Wildman–Crippen MR) is 59.8 cm³/mol. The molecular formula is C11H18OSi. The van der Waals surface area contributed by atoms with Crippen LogP contribution in [0.1, 0.15) is 13.8 Å². The standard InChI is InChI=1S/C11H18OSi/c1-4-13(5-2,12-3)11-9-7-6-8-10-11/h6-10H,4-5H2,1-3H3. The lowest BCUT2D eigenvalue weighted by molar-refractivity contribution is 0.405. The molecule has 13 heavy (non-hydrogen) atoms. The molecule has 0 unspecified atom stereocenters. The molecule has 0 atom stereocenters. The monoisotopic (exact) mass is 194 g/mol.